The van der Waals surface area contributed by atoms with Gasteiger partial charge in [-0.15, -0.1) is 0 Å². The van der Waals surface area contributed by atoms with Crippen molar-refractivity contribution in [2.24, 2.45) is 0 Å². The summed E-state index contributed by atoms with van der Waals surface area (Å²) < 4.78 is 12.3. The molecule has 1 aromatic heterocycles. The molecule has 2 heterocycles. The van der Waals surface area contributed by atoms with Gasteiger partial charge in [0.25, 0.3) is 0 Å². The zero-order valence-corrected chi connectivity index (χ0v) is 17.1. The van der Waals surface area contributed by atoms with E-state index in [9.17, 15) is 14.7 Å². The number of imidazole rings is 1. The first-order chi connectivity index (χ1) is 13.9. The van der Waals surface area contributed by atoms with Gasteiger partial charge >= 0.3 is 11.9 Å². The summed E-state index contributed by atoms with van der Waals surface area (Å²) in [5.74, 6) is -0.570. The number of ether oxygens (including phenoxy) is 2. The van der Waals surface area contributed by atoms with Crippen molar-refractivity contribution in [1.82, 2.24) is 9.55 Å². The summed E-state index contributed by atoms with van der Waals surface area (Å²) in [6, 6.07) is 3.38. The van der Waals surface area contributed by atoms with Crippen molar-refractivity contribution in [2.75, 3.05) is 6.79 Å². The number of rotatable bonds is 9. The standard InChI is InChI=1S/C19H19ClN2O6S/c1-2-3-4-15-21-18(29-6-5-16(23)24)17(19(25)26)22(15)9-11-7-13-14(8-12(11)20)28-10-27-13/h5-8H,2-4,9-10H2,1H3,(H,23,24)(H,25,26). The molecular formula is C19H19ClN2O6S. The molecule has 0 amide bonds. The molecule has 0 saturated carbocycles. The second kappa shape index (κ2) is 9.23. The highest BCUT2D eigenvalue weighted by molar-refractivity contribution is 8.02. The summed E-state index contributed by atoms with van der Waals surface area (Å²) in [7, 11) is 0. The van der Waals surface area contributed by atoms with Gasteiger partial charge in [-0.1, -0.05) is 36.7 Å². The lowest BCUT2D eigenvalue weighted by Crippen LogP contribution is -2.13. The molecule has 154 valence electrons. The van der Waals surface area contributed by atoms with Crippen LogP contribution in [0.25, 0.3) is 0 Å². The van der Waals surface area contributed by atoms with Crippen LogP contribution in [0.4, 0.5) is 0 Å². The van der Waals surface area contributed by atoms with Crippen molar-refractivity contribution < 1.29 is 29.3 Å². The summed E-state index contributed by atoms with van der Waals surface area (Å²) in [6.45, 7) is 2.33. The van der Waals surface area contributed by atoms with Crippen molar-refractivity contribution in [3.8, 4) is 11.5 Å². The maximum atomic E-state index is 12.0. The summed E-state index contributed by atoms with van der Waals surface area (Å²) in [4.78, 5) is 27.2. The minimum atomic E-state index is -1.15. The molecular weight excluding hydrogens is 420 g/mol. The number of carboxylic acid groups (broad SMARTS) is 2. The minimum Gasteiger partial charge on any atom is -0.478 e. The zero-order chi connectivity index (χ0) is 21.0. The molecule has 0 radical (unpaired) electrons. The number of hydrogen-bond donors (Lipinski definition) is 2. The van der Waals surface area contributed by atoms with Gasteiger partial charge in [0.2, 0.25) is 6.79 Å². The summed E-state index contributed by atoms with van der Waals surface area (Å²) in [6.07, 6.45) is 3.28. The largest absolute Gasteiger partial charge is 0.478 e. The van der Waals surface area contributed by atoms with Crippen molar-refractivity contribution in [2.45, 2.75) is 37.8 Å². The number of aromatic carboxylic acids is 1. The molecule has 2 N–H and O–H groups in total. The van der Waals surface area contributed by atoms with Crippen molar-refractivity contribution >= 4 is 35.3 Å². The van der Waals surface area contributed by atoms with Gasteiger partial charge in [0.1, 0.15) is 10.9 Å². The Hall–Kier alpha value is -2.65. The van der Waals surface area contributed by atoms with Crippen LogP contribution < -0.4 is 9.47 Å². The van der Waals surface area contributed by atoms with Gasteiger partial charge in [-0.3, -0.25) is 0 Å². The van der Waals surface area contributed by atoms with Gasteiger partial charge in [-0.05, 0) is 23.5 Å². The molecule has 8 nitrogen and oxygen atoms in total. The van der Waals surface area contributed by atoms with Gasteiger partial charge in [-0.25, -0.2) is 14.6 Å². The Morgan fingerprint density at radius 1 is 1.31 bits per heavy atom. The fraction of sp³-hybridized carbons (Fsp3) is 0.316. The third-order valence-corrected chi connectivity index (χ3v) is 5.36. The quantitative estimate of drug-likeness (QED) is 0.445. The molecule has 1 aliphatic heterocycles. The fourth-order valence-corrected chi connectivity index (χ4v) is 3.86. The molecule has 0 saturated heterocycles. The third-order valence-electron chi connectivity index (χ3n) is 4.23. The highest BCUT2D eigenvalue weighted by atomic mass is 35.5. The number of hydrogen-bond acceptors (Lipinski definition) is 6. The van der Waals surface area contributed by atoms with E-state index in [1.165, 1.54) is 5.41 Å². The first kappa shape index (κ1) is 21.1. The number of carboxylic acids is 2. The van der Waals surface area contributed by atoms with E-state index in [4.69, 9.17) is 26.2 Å². The topological polar surface area (TPSA) is 111 Å². The molecule has 0 spiro atoms. The Balaban J connectivity index is 2.02. The number of aliphatic carboxylic acids is 1. The predicted molar refractivity (Wildman–Crippen MR) is 107 cm³/mol. The molecule has 3 rings (SSSR count). The molecule has 0 aliphatic carbocycles. The minimum absolute atomic E-state index is 0.00937. The molecule has 0 fully saturated rings. The van der Waals surface area contributed by atoms with E-state index in [0.717, 1.165) is 30.7 Å². The van der Waals surface area contributed by atoms with Crippen LogP contribution >= 0.6 is 23.4 Å². The van der Waals surface area contributed by atoms with E-state index in [1.807, 2.05) is 6.92 Å². The highest BCUT2D eigenvalue weighted by Crippen LogP contribution is 2.37. The number of unbranched alkanes of at least 4 members (excludes halogenated alkanes) is 1. The van der Waals surface area contributed by atoms with Crippen LogP contribution in [0.1, 0.15) is 41.6 Å². The average molecular weight is 439 g/mol. The van der Waals surface area contributed by atoms with Gasteiger partial charge in [0, 0.05) is 23.6 Å². The summed E-state index contributed by atoms with van der Waals surface area (Å²) >= 11 is 7.33. The van der Waals surface area contributed by atoms with Crippen LogP contribution in [0.3, 0.4) is 0 Å². The van der Waals surface area contributed by atoms with Crippen LogP contribution in [-0.4, -0.2) is 38.5 Å². The van der Waals surface area contributed by atoms with Gasteiger partial charge in [0.05, 0.1) is 6.54 Å². The van der Waals surface area contributed by atoms with Gasteiger partial charge in [-0.2, -0.15) is 0 Å². The Kier molecular flexibility index (Phi) is 6.71. The Bertz CT molecular complexity index is 972. The van der Waals surface area contributed by atoms with Crippen molar-refractivity contribution in [3.05, 3.63) is 45.7 Å². The van der Waals surface area contributed by atoms with Crippen molar-refractivity contribution in [1.29, 1.82) is 0 Å². The van der Waals surface area contributed by atoms with E-state index in [2.05, 4.69) is 4.98 Å². The Morgan fingerprint density at radius 3 is 2.69 bits per heavy atom. The number of aromatic nitrogens is 2. The monoisotopic (exact) mass is 438 g/mol. The molecule has 0 unspecified atom stereocenters. The smallest absolute Gasteiger partial charge is 0.355 e. The van der Waals surface area contributed by atoms with E-state index >= 15 is 0 Å². The number of aryl methyl sites for hydroxylation is 1. The fourth-order valence-electron chi connectivity index (χ4n) is 2.87. The normalized spacial score (nSPS) is 12.6. The zero-order valence-electron chi connectivity index (χ0n) is 15.6. The number of fused-ring (bicyclic) bond motifs is 1. The molecule has 0 atom stereocenters. The van der Waals surface area contributed by atoms with Crippen LogP contribution in [0.2, 0.25) is 5.02 Å². The molecule has 1 aliphatic rings. The molecule has 2 aromatic rings. The van der Waals surface area contributed by atoms with E-state index < -0.39 is 11.9 Å². The number of carbonyl (C=O) groups is 2. The first-order valence-electron chi connectivity index (χ1n) is 8.87. The van der Waals surface area contributed by atoms with Crippen LogP contribution in [0.5, 0.6) is 11.5 Å². The number of halogens is 1. The maximum Gasteiger partial charge on any atom is 0.355 e. The lowest BCUT2D eigenvalue weighted by atomic mass is 10.2. The number of thioether (sulfide) groups is 1. The van der Waals surface area contributed by atoms with Crippen LogP contribution in [-0.2, 0) is 17.8 Å². The predicted octanol–water partition coefficient (Wildman–Crippen LogP) is 4.04. The molecule has 1 aromatic carbocycles. The van der Waals surface area contributed by atoms with Crippen LogP contribution in [0, 0.1) is 0 Å². The lowest BCUT2D eigenvalue weighted by Gasteiger charge is -2.12. The first-order valence-corrected chi connectivity index (χ1v) is 10.1. The highest BCUT2D eigenvalue weighted by Gasteiger charge is 2.24. The summed E-state index contributed by atoms with van der Waals surface area (Å²) in [5, 5.41) is 20.5. The van der Waals surface area contributed by atoms with E-state index in [0.29, 0.717) is 34.3 Å². The Morgan fingerprint density at radius 2 is 2.03 bits per heavy atom. The van der Waals surface area contributed by atoms with Gasteiger partial charge < -0.3 is 24.3 Å². The third kappa shape index (κ3) is 4.86. The molecule has 29 heavy (non-hydrogen) atoms. The number of nitrogens with zero attached hydrogens (tertiary/aromatic N) is 2. The molecule has 0 bridgehead atoms. The Labute approximate surface area is 176 Å². The van der Waals surface area contributed by atoms with E-state index in [-0.39, 0.29) is 24.1 Å². The average Bonchev–Trinajstić information content (AvgIpc) is 3.24. The van der Waals surface area contributed by atoms with Crippen LogP contribution in [0.15, 0.2) is 28.6 Å². The SMILES string of the molecule is CCCCc1nc(SC=CC(=O)O)c(C(=O)O)n1Cc1cc2c(cc1Cl)OCO2. The van der Waals surface area contributed by atoms with Crippen molar-refractivity contribution in [3.63, 3.8) is 0 Å². The van der Waals surface area contributed by atoms with E-state index in [1.54, 1.807) is 16.7 Å². The second-order valence-electron chi connectivity index (χ2n) is 6.23. The number of benzene rings is 1. The lowest BCUT2D eigenvalue weighted by molar-refractivity contribution is -0.131. The maximum absolute atomic E-state index is 12.0. The molecule has 10 heteroatoms. The van der Waals surface area contributed by atoms with Gasteiger partial charge in [0.15, 0.2) is 17.2 Å². The second-order valence-corrected chi connectivity index (χ2v) is 7.53. The summed E-state index contributed by atoms with van der Waals surface area (Å²) in [5.41, 5.74) is 0.663.